The van der Waals surface area contributed by atoms with E-state index in [1.54, 1.807) is 0 Å². The Labute approximate surface area is 97.8 Å². The van der Waals surface area contributed by atoms with Crippen molar-refractivity contribution in [1.82, 2.24) is 15.5 Å². The second-order valence-corrected chi connectivity index (χ2v) is 5.21. The van der Waals surface area contributed by atoms with Gasteiger partial charge in [-0.05, 0) is 33.2 Å². The first-order valence-electron chi connectivity index (χ1n) is 6.39. The zero-order valence-corrected chi connectivity index (χ0v) is 10.3. The molecule has 1 aliphatic carbocycles. The number of nitrogens with one attached hydrogen (secondary N) is 2. The Balaban J connectivity index is 1.58. The lowest BCUT2D eigenvalue weighted by Crippen LogP contribution is -2.43. The topological polar surface area (TPSA) is 44.4 Å². The SMILES string of the molecule is CC(CNCC1CCC(=O)N1)N(C)C1CC1. The van der Waals surface area contributed by atoms with E-state index in [9.17, 15) is 4.79 Å². The van der Waals surface area contributed by atoms with E-state index in [0.717, 1.165) is 25.6 Å². The summed E-state index contributed by atoms with van der Waals surface area (Å²) in [5.74, 6) is 0.204. The molecule has 2 atom stereocenters. The molecule has 1 heterocycles. The fourth-order valence-electron chi connectivity index (χ4n) is 2.28. The van der Waals surface area contributed by atoms with Gasteiger partial charge in [0.05, 0.1) is 0 Å². The third-order valence-electron chi connectivity index (χ3n) is 3.73. The minimum Gasteiger partial charge on any atom is -0.352 e. The van der Waals surface area contributed by atoms with E-state index in [2.05, 4.69) is 29.5 Å². The first-order valence-corrected chi connectivity index (χ1v) is 6.39. The van der Waals surface area contributed by atoms with Crippen LogP contribution in [0.5, 0.6) is 0 Å². The summed E-state index contributed by atoms with van der Waals surface area (Å²) in [6, 6.07) is 1.76. The molecule has 1 saturated carbocycles. The summed E-state index contributed by atoms with van der Waals surface area (Å²) in [4.78, 5) is 13.5. The van der Waals surface area contributed by atoms with Crippen LogP contribution < -0.4 is 10.6 Å². The van der Waals surface area contributed by atoms with Crippen molar-refractivity contribution in [3.63, 3.8) is 0 Å². The molecule has 2 fully saturated rings. The molecule has 2 N–H and O–H groups in total. The van der Waals surface area contributed by atoms with Gasteiger partial charge in [0.15, 0.2) is 0 Å². The van der Waals surface area contributed by atoms with Crippen LogP contribution in [0.25, 0.3) is 0 Å². The van der Waals surface area contributed by atoms with Crippen molar-refractivity contribution in [2.75, 3.05) is 20.1 Å². The molecule has 0 aromatic heterocycles. The summed E-state index contributed by atoms with van der Waals surface area (Å²) in [5, 5.41) is 6.43. The second-order valence-electron chi connectivity index (χ2n) is 5.21. The molecule has 0 spiro atoms. The summed E-state index contributed by atoms with van der Waals surface area (Å²) in [6.45, 7) is 4.19. The van der Waals surface area contributed by atoms with Gasteiger partial charge in [-0.3, -0.25) is 9.69 Å². The number of rotatable bonds is 6. The molecule has 1 aliphatic heterocycles. The predicted octanol–water partition coefficient (Wildman–Crippen LogP) is 0.337. The van der Waals surface area contributed by atoms with Crippen LogP contribution in [0.2, 0.25) is 0 Å². The molecular weight excluding hydrogens is 202 g/mol. The maximum atomic E-state index is 11.0. The maximum Gasteiger partial charge on any atom is 0.220 e. The summed E-state index contributed by atoms with van der Waals surface area (Å²) in [6.07, 6.45) is 4.40. The highest BCUT2D eigenvalue weighted by atomic mass is 16.1. The van der Waals surface area contributed by atoms with E-state index < -0.39 is 0 Å². The monoisotopic (exact) mass is 225 g/mol. The lowest BCUT2D eigenvalue weighted by molar-refractivity contribution is -0.119. The van der Waals surface area contributed by atoms with E-state index in [-0.39, 0.29) is 5.91 Å². The summed E-state index contributed by atoms with van der Waals surface area (Å²) in [5.41, 5.74) is 0. The van der Waals surface area contributed by atoms with Crippen molar-refractivity contribution in [3.05, 3.63) is 0 Å². The molecule has 0 aromatic rings. The van der Waals surface area contributed by atoms with Crippen molar-refractivity contribution in [1.29, 1.82) is 0 Å². The first-order chi connectivity index (χ1) is 7.66. The minimum absolute atomic E-state index is 0.204. The third-order valence-corrected chi connectivity index (χ3v) is 3.73. The normalized spacial score (nSPS) is 27.2. The number of hydrogen-bond donors (Lipinski definition) is 2. The van der Waals surface area contributed by atoms with Gasteiger partial charge < -0.3 is 10.6 Å². The van der Waals surface area contributed by atoms with Crippen molar-refractivity contribution >= 4 is 5.91 Å². The van der Waals surface area contributed by atoms with Crippen LogP contribution in [0.3, 0.4) is 0 Å². The summed E-state index contributed by atoms with van der Waals surface area (Å²) < 4.78 is 0. The fraction of sp³-hybridized carbons (Fsp3) is 0.917. The van der Waals surface area contributed by atoms with E-state index in [0.29, 0.717) is 18.5 Å². The highest BCUT2D eigenvalue weighted by Crippen LogP contribution is 2.26. The zero-order valence-electron chi connectivity index (χ0n) is 10.3. The number of nitrogens with zero attached hydrogens (tertiary/aromatic N) is 1. The Bertz CT molecular complexity index is 253. The molecule has 2 rings (SSSR count). The Hall–Kier alpha value is -0.610. The molecular formula is C12H23N3O. The standard InChI is InChI=1S/C12H23N3O/c1-9(15(2)11-4-5-11)7-13-8-10-3-6-12(16)14-10/h9-11,13H,3-8H2,1-2H3,(H,14,16). The highest BCUT2D eigenvalue weighted by Gasteiger charge is 2.29. The molecule has 4 nitrogen and oxygen atoms in total. The van der Waals surface area contributed by atoms with Crippen LogP contribution >= 0.6 is 0 Å². The molecule has 4 heteroatoms. The van der Waals surface area contributed by atoms with Gasteiger partial charge in [-0.1, -0.05) is 0 Å². The van der Waals surface area contributed by atoms with Crippen molar-refractivity contribution in [2.24, 2.45) is 0 Å². The predicted molar refractivity (Wildman–Crippen MR) is 64.3 cm³/mol. The summed E-state index contributed by atoms with van der Waals surface area (Å²) in [7, 11) is 2.21. The molecule has 0 radical (unpaired) electrons. The van der Waals surface area contributed by atoms with Crippen molar-refractivity contribution < 1.29 is 4.79 Å². The zero-order chi connectivity index (χ0) is 11.5. The van der Waals surface area contributed by atoms with Crippen LogP contribution in [0.1, 0.15) is 32.6 Å². The van der Waals surface area contributed by atoms with Gasteiger partial charge in [0.2, 0.25) is 5.91 Å². The van der Waals surface area contributed by atoms with Crippen LogP contribution in [-0.4, -0.2) is 49.1 Å². The van der Waals surface area contributed by atoms with Gasteiger partial charge in [0.1, 0.15) is 0 Å². The Morgan fingerprint density at radius 2 is 2.25 bits per heavy atom. The van der Waals surface area contributed by atoms with Crippen LogP contribution in [0, 0.1) is 0 Å². The van der Waals surface area contributed by atoms with Gasteiger partial charge in [-0.25, -0.2) is 0 Å². The highest BCUT2D eigenvalue weighted by molar-refractivity contribution is 5.78. The Morgan fingerprint density at radius 1 is 1.50 bits per heavy atom. The van der Waals surface area contributed by atoms with Crippen molar-refractivity contribution in [2.45, 2.75) is 50.7 Å². The lowest BCUT2D eigenvalue weighted by Gasteiger charge is -2.25. The molecule has 0 bridgehead atoms. The molecule has 16 heavy (non-hydrogen) atoms. The first kappa shape index (κ1) is 11.9. The maximum absolute atomic E-state index is 11.0. The average molecular weight is 225 g/mol. The smallest absolute Gasteiger partial charge is 0.220 e. The van der Waals surface area contributed by atoms with Crippen LogP contribution in [-0.2, 0) is 4.79 Å². The number of carbonyl (C=O) groups excluding carboxylic acids is 1. The number of hydrogen-bond acceptors (Lipinski definition) is 3. The van der Waals surface area contributed by atoms with Gasteiger partial charge in [-0.15, -0.1) is 0 Å². The molecule has 1 amide bonds. The molecule has 1 saturated heterocycles. The van der Waals surface area contributed by atoms with Gasteiger partial charge >= 0.3 is 0 Å². The lowest BCUT2D eigenvalue weighted by atomic mass is 10.2. The van der Waals surface area contributed by atoms with Gasteiger partial charge in [-0.2, -0.15) is 0 Å². The third kappa shape index (κ3) is 3.19. The number of likely N-dealkylation sites (N-methyl/N-ethyl adjacent to an activating group) is 1. The number of amides is 1. The van der Waals surface area contributed by atoms with Gasteiger partial charge in [0.25, 0.3) is 0 Å². The molecule has 92 valence electrons. The Kier molecular flexibility index (Phi) is 3.82. The molecule has 2 unspecified atom stereocenters. The van der Waals surface area contributed by atoms with E-state index >= 15 is 0 Å². The van der Waals surface area contributed by atoms with Crippen molar-refractivity contribution in [3.8, 4) is 0 Å². The van der Waals surface area contributed by atoms with E-state index in [4.69, 9.17) is 0 Å². The number of carbonyl (C=O) groups is 1. The average Bonchev–Trinajstić information content (AvgIpc) is 3.02. The molecule has 0 aromatic carbocycles. The minimum atomic E-state index is 0.204. The fourth-order valence-corrected chi connectivity index (χ4v) is 2.28. The quantitative estimate of drug-likeness (QED) is 0.685. The summed E-state index contributed by atoms with van der Waals surface area (Å²) >= 11 is 0. The van der Waals surface area contributed by atoms with E-state index in [1.807, 2.05) is 0 Å². The van der Waals surface area contributed by atoms with E-state index in [1.165, 1.54) is 12.8 Å². The van der Waals surface area contributed by atoms with Crippen LogP contribution in [0.15, 0.2) is 0 Å². The molecule has 2 aliphatic rings. The van der Waals surface area contributed by atoms with Crippen LogP contribution in [0.4, 0.5) is 0 Å². The second kappa shape index (κ2) is 5.15. The Morgan fingerprint density at radius 3 is 2.81 bits per heavy atom. The largest absolute Gasteiger partial charge is 0.352 e. The van der Waals surface area contributed by atoms with Gasteiger partial charge in [0, 0.05) is 37.6 Å².